The number of anilines is 1. The fourth-order valence-corrected chi connectivity index (χ4v) is 3.04. The number of aliphatic hydroxyl groups is 1. The molecule has 1 aliphatic heterocycles. The molecular formula is C15H23N7O4S. The van der Waals surface area contributed by atoms with Crippen LogP contribution in [0.5, 0.6) is 0 Å². The monoisotopic (exact) mass is 397 g/mol. The van der Waals surface area contributed by atoms with Crippen LogP contribution in [0.15, 0.2) is 5.38 Å². The van der Waals surface area contributed by atoms with Crippen LogP contribution in [0.25, 0.3) is 0 Å². The van der Waals surface area contributed by atoms with E-state index in [0.29, 0.717) is 5.13 Å². The molecule has 3 atom stereocenters. The predicted molar refractivity (Wildman–Crippen MR) is 99.4 cm³/mol. The van der Waals surface area contributed by atoms with Crippen LogP contribution in [0.4, 0.5) is 5.13 Å². The smallest absolute Gasteiger partial charge is 0.272 e. The van der Waals surface area contributed by atoms with Gasteiger partial charge in [0.25, 0.3) is 5.91 Å². The zero-order valence-electron chi connectivity index (χ0n) is 15.1. The number of nitrogens with zero attached hydrogens (tertiary/aromatic N) is 1. The fourth-order valence-electron chi connectivity index (χ4n) is 2.19. The summed E-state index contributed by atoms with van der Waals surface area (Å²) in [5, 5.41) is 29.8. The van der Waals surface area contributed by atoms with Gasteiger partial charge in [-0.05, 0) is 20.8 Å². The lowest BCUT2D eigenvalue weighted by Gasteiger charge is -2.37. The first kappa shape index (κ1) is 20.7. The molecule has 1 aromatic heterocycles. The molecule has 8 N–H and O–H groups in total. The van der Waals surface area contributed by atoms with Crippen molar-refractivity contribution in [2.24, 2.45) is 5.73 Å². The van der Waals surface area contributed by atoms with Gasteiger partial charge in [0, 0.05) is 11.9 Å². The maximum Gasteiger partial charge on any atom is 0.272 e. The van der Waals surface area contributed by atoms with Crippen molar-refractivity contribution in [3.05, 3.63) is 11.1 Å². The summed E-state index contributed by atoms with van der Waals surface area (Å²) in [7, 11) is 0. The van der Waals surface area contributed by atoms with E-state index in [2.05, 4.69) is 26.3 Å². The van der Waals surface area contributed by atoms with Crippen LogP contribution in [0.1, 0.15) is 26.5 Å². The van der Waals surface area contributed by atoms with Gasteiger partial charge in [-0.1, -0.05) is 0 Å². The van der Waals surface area contributed by atoms with Crippen molar-refractivity contribution in [3.8, 4) is 0 Å². The van der Waals surface area contributed by atoms with E-state index < -0.39 is 41.4 Å². The summed E-state index contributed by atoms with van der Waals surface area (Å²) in [5.41, 5.74) is 3.96. The molecular weight excluding hydrogens is 374 g/mol. The highest BCUT2D eigenvalue weighted by atomic mass is 32.1. The molecule has 0 saturated carbocycles. The second kappa shape index (κ2) is 7.98. The molecule has 148 valence electrons. The number of rotatable bonds is 8. The lowest BCUT2D eigenvalue weighted by atomic mass is 9.98. The third kappa shape index (κ3) is 5.45. The molecule has 0 aliphatic carbocycles. The van der Waals surface area contributed by atoms with Crippen molar-refractivity contribution in [2.45, 2.75) is 44.6 Å². The summed E-state index contributed by atoms with van der Waals surface area (Å²) in [6.45, 7) is 4.71. The SMILES string of the molecule is C[C@@H](N)C(=O)NC[C@H]1NC(=O)[C@H]1NC(=O)C(=N)c1csc(NC(C)(C)O)n1. The van der Waals surface area contributed by atoms with Gasteiger partial charge in [-0.25, -0.2) is 4.98 Å². The average molecular weight is 397 g/mol. The maximum absolute atomic E-state index is 12.3. The lowest BCUT2D eigenvalue weighted by Crippen LogP contribution is -2.72. The Bertz CT molecular complexity index is 756. The molecule has 3 amide bonds. The number of hydrogen-bond donors (Lipinski definition) is 7. The Morgan fingerprint density at radius 3 is 2.74 bits per heavy atom. The Hall–Kier alpha value is -2.57. The van der Waals surface area contributed by atoms with E-state index in [4.69, 9.17) is 11.1 Å². The highest BCUT2D eigenvalue weighted by molar-refractivity contribution is 7.14. The third-order valence-electron chi connectivity index (χ3n) is 3.61. The predicted octanol–water partition coefficient (Wildman–Crippen LogP) is -1.90. The number of thiazole rings is 1. The standard InChI is InChI=1S/C15H23N7O4S/c1-6(16)11(23)18-4-7-10(13(25)19-7)21-12(24)9(17)8-5-27-14(20-8)22-15(2,3)26/h5-7,10,17,26H,4,16H2,1-3H3,(H,18,23)(H,19,25)(H,20,22)(H,21,24)/t6-,7-,10+/m1/s1. The van der Waals surface area contributed by atoms with E-state index in [1.165, 1.54) is 26.2 Å². The zero-order chi connectivity index (χ0) is 20.4. The van der Waals surface area contributed by atoms with Crippen molar-refractivity contribution in [1.29, 1.82) is 5.41 Å². The molecule has 0 bridgehead atoms. The Labute approximate surface area is 159 Å². The molecule has 0 spiro atoms. The number of nitrogens with two attached hydrogens (primary N) is 1. The third-order valence-corrected chi connectivity index (χ3v) is 4.37. The van der Waals surface area contributed by atoms with E-state index in [1.807, 2.05) is 0 Å². The zero-order valence-corrected chi connectivity index (χ0v) is 15.9. The van der Waals surface area contributed by atoms with Crippen molar-refractivity contribution in [2.75, 3.05) is 11.9 Å². The minimum absolute atomic E-state index is 0.112. The molecule has 0 radical (unpaired) electrons. The number of hydrogen-bond acceptors (Lipinski definition) is 9. The summed E-state index contributed by atoms with van der Waals surface area (Å²) in [4.78, 5) is 39.5. The second-order valence-electron chi connectivity index (χ2n) is 6.70. The molecule has 1 aliphatic rings. The number of amides is 3. The van der Waals surface area contributed by atoms with Crippen molar-refractivity contribution in [3.63, 3.8) is 0 Å². The van der Waals surface area contributed by atoms with Gasteiger partial charge in [-0.3, -0.25) is 19.8 Å². The van der Waals surface area contributed by atoms with Crippen molar-refractivity contribution < 1.29 is 19.5 Å². The normalized spacial score (nSPS) is 20.1. The minimum atomic E-state index is -1.19. The summed E-state index contributed by atoms with van der Waals surface area (Å²) in [5.74, 6) is -1.54. The molecule has 2 rings (SSSR count). The minimum Gasteiger partial charge on any atom is -0.372 e. The van der Waals surface area contributed by atoms with Gasteiger partial charge in [0.1, 0.15) is 23.2 Å². The fraction of sp³-hybridized carbons (Fsp3) is 0.533. The number of carbonyl (C=O) groups excluding carboxylic acids is 3. The second-order valence-corrected chi connectivity index (χ2v) is 7.56. The number of β-lactam (4-membered cyclic amide) rings is 1. The van der Waals surface area contributed by atoms with Gasteiger partial charge in [-0.15, -0.1) is 11.3 Å². The van der Waals surface area contributed by atoms with Crippen molar-refractivity contribution in [1.82, 2.24) is 20.9 Å². The van der Waals surface area contributed by atoms with Crippen LogP contribution in [-0.4, -0.2) is 63.9 Å². The molecule has 11 nitrogen and oxygen atoms in total. The molecule has 2 heterocycles. The first-order chi connectivity index (χ1) is 12.5. The van der Waals surface area contributed by atoms with E-state index in [1.54, 1.807) is 0 Å². The maximum atomic E-state index is 12.3. The molecule has 0 unspecified atom stereocenters. The van der Waals surface area contributed by atoms with Crippen LogP contribution in [0, 0.1) is 5.41 Å². The van der Waals surface area contributed by atoms with E-state index in [9.17, 15) is 19.5 Å². The van der Waals surface area contributed by atoms with Crippen LogP contribution >= 0.6 is 11.3 Å². The van der Waals surface area contributed by atoms with Crippen molar-refractivity contribution >= 4 is 39.9 Å². The Morgan fingerprint density at radius 1 is 1.52 bits per heavy atom. The highest BCUT2D eigenvalue weighted by Gasteiger charge is 2.41. The number of nitrogens with one attached hydrogen (secondary N) is 5. The number of carbonyl (C=O) groups is 3. The van der Waals surface area contributed by atoms with Crippen LogP contribution < -0.4 is 27.0 Å². The van der Waals surface area contributed by atoms with Gasteiger partial charge in [-0.2, -0.15) is 0 Å². The van der Waals surface area contributed by atoms with Gasteiger partial charge in [0.2, 0.25) is 11.8 Å². The first-order valence-electron chi connectivity index (χ1n) is 8.17. The largest absolute Gasteiger partial charge is 0.372 e. The van der Waals surface area contributed by atoms with E-state index >= 15 is 0 Å². The Kier molecular flexibility index (Phi) is 6.13. The van der Waals surface area contributed by atoms with Crippen LogP contribution in [0.2, 0.25) is 0 Å². The van der Waals surface area contributed by atoms with Crippen LogP contribution in [-0.2, 0) is 14.4 Å². The van der Waals surface area contributed by atoms with E-state index in [0.717, 1.165) is 11.3 Å². The van der Waals surface area contributed by atoms with Crippen LogP contribution in [0.3, 0.4) is 0 Å². The summed E-state index contributed by atoms with van der Waals surface area (Å²) >= 11 is 1.13. The van der Waals surface area contributed by atoms with E-state index in [-0.39, 0.29) is 18.1 Å². The molecule has 1 saturated heterocycles. The quantitative estimate of drug-likeness (QED) is 0.152. The average Bonchev–Trinajstić information content (AvgIpc) is 3.01. The molecule has 27 heavy (non-hydrogen) atoms. The number of aromatic nitrogens is 1. The first-order valence-corrected chi connectivity index (χ1v) is 9.05. The topological polar surface area (TPSA) is 182 Å². The lowest BCUT2D eigenvalue weighted by molar-refractivity contribution is -0.135. The summed E-state index contributed by atoms with van der Waals surface area (Å²) < 4.78 is 0. The summed E-state index contributed by atoms with van der Waals surface area (Å²) in [6, 6.07) is -2.03. The van der Waals surface area contributed by atoms with Gasteiger partial charge in [0.15, 0.2) is 5.13 Å². The molecule has 0 aromatic carbocycles. The Morgan fingerprint density at radius 2 is 2.19 bits per heavy atom. The molecule has 12 heteroatoms. The van der Waals surface area contributed by atoms with Gasteiger partial charge in [0.05, 0.1) is 12.1 Å². The molecule has 1 aromatic rings. The van der Waals surface area contributed by atoms with Gasteiger partial charge < -0.3 is 32.1 Å². The summed E-state index contributed by atoms with van der Waals surface area (Å²) in [6.07, 6.45) is 0. The van der Waals surface area contributed by atoms with Gasteiger partial charge >= 0.3 is 0 Å². The molecule has 1 fully saturated rings. The Balaban J connectivity index is 1.92. The highest BCUT2D eigenvalue weighted by Crippen LogP contribution is 2.19.